The Morgan fingerprint density at radius 2 is 2.11 bits per heavy atom. The topological polar surface area (TPSA) is 15.3 Å². The van der Waals surface area contributed by atoms with Crippen LogP contribution in [0, 0.1) is 0 Å². The van der Waals surface area contributed by atoms with Crippen LogP contribution < -0.4 is 5.32 Å². The summed E-state index contributed by atoms with van der Waals surface area (Å²) in [5.41, 5.74) is 3.07. The average molecular weight is 278 g/mol. The van der Waals surface area contributed by atoms with E-state index < -0.39 is 0 Å². The second kappa shape index (κ2) is 7.32. The van der Waals surface area contributed by atoms with Crippen molar-refractivity contribution in [2.75, 3.05) is 32.9 Å². The largest absolute Gasteiger partial charge is 0.309 e. The molecular formula is C16H26N2S. The smallest absolute Gasteiger partial charge is 0.0446 e. The third-order valence-electron chi connectivity index (χ3n) is 3.67. The fourth-order valence-electron chi connectivity index (χ4n) is 2.64. The van der Waals surface area contributed by atoms with E-state index in [1.54, 1.807) is 5.56 Å². The molecular weight excluding hydrogens is 252 g/mol. The minimum atomic E-state index is 0.545. The van der Waals surface area contributed by atoms with Crippen molar-refractivity contribution in [1.82, 2.24) is 10.2 Å². The molecule has 2 rings (SSSR count). The first-order valence-electron chi connectivity index (χ1n) is 7.30. The Balaban J connectivity index is 1.99. The molecule has 0 heterocycles. The molecule has 19 heavy (non-hydrogen) atoms. The number of hydrogen-bond donors (Lipinski definition) is 1. The lowest BCUT2D eigenvalue weighted by Crippen LogP contribution is -2.28. The van der Waals surface area contributed by atoms with Gasteiger partial charge >= 0.3 is 0 Å². The van der Waals surface area contributed by atoms with E-state index in [2.05, 4.69) is 67.3 Å². The van der Waals surface area contributed by atoms with Gasteiger partial charge in [-0.15, -0.1) is 0 Å². The Morgan fingerprint density at radius 3 is 2.84 bits per heavy atom. The minimum absolute atomic E-state index is 0.545. The summed E-state index contributed by atoms with van der Waals surface area (Å²) in [7, 11) is 4.30. The average Bonchev–Trinajstić information content (AvgIpc) is 2.74. The number of rotatable bonds is 7. The zero-order valence-corrected chi connectivity index (χ0v) is 13.2. The van der Waals surface area contributed by atoms with Crippen molar-refractivity contribution in [2.45, 2.75) is 31.1 Å². The highest BCUT2D eigenvalue weighted by Crippen LogP contribution is 2.38. The van der Waals surface area contributed by atoms with E-state index in [4.69, 9.17) is 0 Å². The first kappa shape index (κ1) is 14.9. The second-order valence-electron chi connectivity index (χ2n) is 5.55. The van der Waals surface area contributed by atoms with Crippen LogP contribution in [-0.2, 0) is 6.42 Å². The maximum Gasteiger partial charge on any atom is 0.0446 e. The monoisotopic (exact) mass is 278 g/mol. The SMILES string of the molecule is CCCNC1c2ccccc2CC1SCCN(C)C. The third kappa shape index (κ3) is 3.98. The fraction of sp³-hybridized carbons (Fsp3) is 0.625. The van der Waals surface area contributed by atoms with Crippen molar-refractivity contribution in [3.05, 3.63) is 35.4 Å². The predicted octanol–water partition coefficient (Wildman–Crippen LogP) is 2.95. The molecule has 0 radical (unpaired) electrons. The Hall–Kier alpha value is -0.510. The maximum absolute atomic E-state index is 3.74. The molecule has 0 aromatic heterocycles. The van der Waals surface area contributed by atoms with Gasteiger partial charge in [-0.05, 0) is 44.6 Å². The molecule has 0 saturated carbocycles. The van der Waals surface area contributed by atoms with E-state index in [-0.39, 0.29) is 0 Å². The van der Waals surface area contributed by atoms with Gasteiger partial charge < -0.3 is 10.2 Å². The Bertz CT molecular complexity index is 392. The Kier molecular flexibility index (Phi) is 5.74. The molecule has 0 aliphatic heterocycles. The molecule has 1 aliphatic rings. The van der Waals surface area contributed by atoms with Crippen molar-refractivity contribution in [1.29, 1.82) is 0 Å². The van der Waals surface area contributed by atoms with Crippen molar-refractivity contribution < 1.29 is 0 Å². The quantitative estimate of drug-likeness (QED) is 0.825. The Morgan fingerprint density at radius 1 is 1.32 bits per heavy atom. The van der Waals surface area contributed by atoms with Gasteiger partial charge in [-0.3, -0.25) is 0 Å². The van der Waals surface area contributed by atoms with Crippen LogP contribution in [0.15, 0.2) is 24.3 Å². The van der Waals surface area contributed by atoms with Crippen LogP contribution in [0.5, 0.6) is 0 Å². The summed E-state index contributed by atoms with van der Waals surface area (Å²) in [4.78, 5) is 2.27. The molecule has 2 unspecified atom stereocenters. The molecule has 0 saturated heterocycles. The van der Waals surface area contributed by atoms with E-state index in [0.717, 1.165) is 13.1 Å². The summed E-state index contributed by atoms with van der Waals surface area (Å²) in [5, 5.41) is 4.44. The van der Waals surface area contributed by atoms with Gasteiger partial charge in [0.2, 0.25) is 0 Å². The summed E-state index contributed by atoms with van der Waals surface area (Å²) in [5.74, 6) is 1.22. The maximum atomic E-state index is 3.74. The van der Waals surface area contributed by atoms with E-state index >= 15 is 0 Å². The normalized spacial score (nSPS) is 21.9. The van der Waals surface area contributed by atoms with E-state index in [0.29, 0.717) is 11.3 Å². The highest BCUT2D eigenvalue weighted by Gasteiger charge is 2.31. The summed E-state index contributed by atoms with van der Waals surface area (Å²) in [6.45, 7) is 4.52. The number of hydrogen-bond acceptors (Lipinski definition) is 3. The molecule has 1 aromatic carbocycles. The molecule has 0 fully saturated rings. The lowest BCUT2D eigenvalue weighted by molar-refractivity contribution is 0.436. The molecule has 1 aromatic rings. The number of thioether (sulfide) groups is 1. The molecule has 3 heteroatoms. The van der Waals surface area contributed by atoms with Crippen LogP contribution in [0.2, 0.25) is 0 Å². The Labute approximate surface area is 122 Å². The lowest BCUT2D eigenvalue weighted by Gasteiger charge is -2.22. The second-order valence-corrected chi connectivity index (χ2v) is 6.89. The van der Waals surface area contributed by atoms with E-state index in [9.17, 15) is 0 Å². The summed E-state index contributed by atoms with van der Waals surface area (Å²) >= 11 is 2.12. The van der Waals surface area contributed by atoms with Gasteiger partial charge in [0.25, 0.3) is 0 Å². The van der Waals surface area contributed by atoms with Crippen molar-refractivity contribution in [3.8, 4) is 0 Å². The fourth-order valence-corrected chi connectivity index (χ4v) is 4.15. The first-order valence-corrected chi connectivity index (χ1v) is 8.34. The number of nitrogens with one attached hydrogen (secondary N) is 1. The number of fused-ring (bicyclic) bond motifs is 1. The zero-order chi connectivity index (χ0) is 13.7. The highest BCUT2D eigenvalue weighted by molar-refractivity contribution is 8.00. The van der Waals surface area contributed by atoms with Crippen LogP contribution in [0.4, 0.5) is 0 Å². The third-order valence-corrected chi connectivity index (χ3v) is 4.95. The molecule has 106 valence electrons. The van der Waals surface area contributed by atoms with Gasteiger partial charge in [0, 0.05) is 23.6 Å². The standard InChI is InChI=1S/C16H26N2S/c1-4-9-17-16-14-8-6-5-7-13(14)12-15(16)19-11-10-18(2)3/h5-8,15-17H,4,9-12H2,1-3H3. The van der Waals surface area contributed by atoms with Crippen LogP contribution in [0.3, 0.4) is 0 Å². The molecule has 2 nitrogen and oxygen atoms in total. The molecule has 2 atom stereocenters. The van der Waals surface area contributed by atoms with E-state index in [1.165, 1.54) is 24.2 Å². The van der Waals surface area contributed by atoms with Crippen molar-refractivity contribution in [2.24, 2.45) is 0 Å². The van der Waals surface area contributed by atoms with Crippen molar-refractivity contribution in [3.63, 3.8) is 0 Å². The predicted molar refractivity (Wildman–Crippen MR) is 86.0 cm³/mol. The molecule has 0 amide bonds. The van der Waals surface area contributed by atoms with Gasteiger partial charge in [0.05, 0.1) is 0 Å². The van der Waals surface area contributed by atoms with Gasteiger partial charge in [0.15, 0.2) is 0 Å². The highest BCUT2D eigenvalue weighted by atomic mass is 32.2. The summed E-state index contributed by atoms with van der Waals surface area (Å²) < 4.78 is 0. The van der Waals surface area contributed by atoms with Gasteiger partial charge in [-0.1, -0.05) is 31.2 Å². The lowest BCUT2D eigenvalue weighted by atomic mass is 10.1. The van der Waals surface area contributed by atoms with Crippen LogP contribution in [0.1, 0.15) is 30.5 Å². The molecule has 1 aliphatic carbocycles. The van der Waals surface area contributed by atoms with Gasteiger partial charge in [0.1, 0.15) is 0 Å². The summed E-state index contributed by atoms with van der Waals surface area (Å²) in [6, 6.07) is 9.48. The number of benzene rings is 1. The van der Waals surface area contributed by atoms with Crippen LogP contribution in [-0.4, -0.2) is 43.1 Å². The van der Waals surface area contributed by atoms with Crippen molar-refractivity contribution >= 4 is 11.8 Å². The minimum Gasteiger partial charge on any atom is -0.309 e. The van der Waals surface area contributed by atoms with Crippen LogP contribution in [0.25, 0.3) is 0 Å². The molecule has 0 bridgehead atoms. The van der Waals surface area contributed by atoms with Crippen LogP contribution >= 0.6 is 11.8 Å². The van der Waals surface area contributed by atoms with Gasteiger partial charge in [-0.25, -0.2) is 0 Å². The molecule has 0 spiro atoms. The zero-order valence-electron chi connectivity index (χ0n) is 12.4. The van der Waals surface area contributed by atoms with Gasteiger partial charge in [-0.2, -0.15) is 11.8 Å². The molecule has 1 N–H and O–H groups in total. The summed E-state index contributed by atoms with van der Waals surface area (Å²) in [6.07, 6.45) is 2.42. The first-order chi connectivity index (χ1) is 9.22. The van der Waals surface area contributed by atoms with E-state index in [1.807, 2.05) is 0 Å². The number of nitrogens with zero attached hydrogens (tertiary/aromatic N) is 1.